The van der Waals surface area contributed by atoms with Crippen molar-refractivity contribution in [1.82, 2.24) is 0 Å². The summed E-state index contributed by atoms with van der Waals surface area (Å²) in [5, 5.41) is 4.31. The van der Waals surface area contributed by atoms with Crippen LogP contribution in [0.1, 0.15) is 20.3 Å². The van der Waals surface area contributed by atoms with E-state index in [1.54, 1.807) is 24.3 Å². The number of para-hydroxylation sites is 2. The Hall–Kier alpha value is -3.07. The van der Waals surface area contributed by atoms with Gasteiger partial charge in [0.25, 0.3) is 5.91 Å². The van der Waals surface area contributed by atoms with Gasteiger partial charge in [0.1, 0.15) is 11.5 Å². The maximum absolute atomic E-state index is 12.9. The molecule has 1 aliphatic heterocycles. The predicted octanol–water partition coefficient (Wildman–Crippen LogP) is 2.61. The highest BCUT2D eigenvalue weighted by Crippen LogP contribution is 2.32. The molecule has 0 spiro atoms. The van der Waals surface area contributed by atoms with Crippen LogP contribution < -0.4 is 20.1 Å². The maximum Gasteiger partial charge on any atom is 0.262 e. The van der Waals surface area contributed by atoms with E-state index in [1.165, 1.54) is 25.1 Å². The van der Waals surface area contributed by atoms with Crippen LogP contribution in [0.5, 0.6) is 11.5 Å². The Bertz CT molecular complexity index is 1040. The molecule has 154 valence electrons. The van der Waals surface area contributed by atoms with E-state index in [0.29, 0.717) is 29.5 Å². The molecule has 3 rings (SSSR count). The molecule has 2 aromatic carbocycles. The van der Waals surface area contributed by atoms with Crippen LogP contribution in [0.25, 0.3) is 0 Å². The molecule has 1 aliphatic rings. The van der Waals surface area contributed by atoms with Crippen molar-refractivity contribution in [2.75, 3.05) is 23.8 Å². The number of carbonyl (C=O) groups is 2. The summed E-state index contributed by atoms with van der Waals surface area (Å²) >= 11 is 0. The summed E-state index contributed by atoms with van der Waals surface area (Å²) in [6.45, 7) is 3.63. The van der Waals surface area contributed by atoms with Gasteiger partial charge in [-0.05, 0) is 44.2 Å². The fraction of sp³-hybridized carbons (Fsp3) is 0.300. The molecule has 9 heteroatoms. The molecule has 0 radical (unpaired) electrons. The largest absolute Gasteiger partial charge is 0.492 e. The highest BCUT2D eigenvalue weighted by Gasteiger charge is 2.28. The molecule has 0 aromatic heterocycles. The van der Waals surface area contributed by atoms with E-state index in [4.69, 9.17) is 9.47 Å². The summed E-state index contributed by atoms with van der Waals surface area (Å²) in [6.07, 6.45) is -0.233. The Morgan fingerprint density at radius 3 is 2.79 bits per heavy atom. The number of anilines is 2. The van der Waals surface area contributed by atoms with Crippen LogP contribution in [-0.4, -0.2) is 38.7 Å². The van der Waals surface area contributed by atoms with Gasteiger partial charge in [0.2, 0.25) is 5.91 Å². The van der Waals surface area contributed by atoms with Crippen LogP contribution in [0.15, 0.2) is 47.4 Å². The Morgan fingerprint density at radius 1 is 1.28 bits per heavy atom. The molecular weight excluding hydrogens is 396 g/mol. The van der Waals surface area contributed by atoms with Crippen LogP contribution >= 0.6 is 0 Å². The Balaban J connectivity index is 1.73. The van der Waals surface area contributed by atoms with Crippen LogP contribution in [0.3, 0.4) is 0 Å². The third kappa shape index (κ3) is 4.68. The Morgan fingerprint density at radius 2 is 2.03 bits per heavy atom. The molecule has 2 N–H and O–H groups in total. The van der Waals surface area contributed by atoms with Crippen molar-refractivity contribution in [3.8, 4) is 11.5 Å². The number of hydrogen-bond donors (Lipinski definition) is 2. The lowest BCUT2D eigenvalue weighted by Crippen LogP contribution is -2.27. The summed E-state index contributed by atoms with van der Waals surface area (Å²) in [5.41, 5.74) is 0.780. The van der Waals surface area contributed by atoms with Crippen LogP contribution in [0.2, 0.25) is 0 Å². The number of sulfone groups is 1. The molecule has 0 fully saturated rings. The van der Waals surface area contributed by atoms with E-state index >= 15 is 0 Å². The average Bonchev–Trinajstić information content (AvgIpc) is 2.69. The van der Waals surface area contributed by atoms with E-state index in [2.05, 4.69) is 10.6 Å². The van der Waals surface area contributed by atoms with E-state index in [1.807, 2.05) is 6.92 Å². The van der Waals surface area contributed by atoms with Gasteiger partial charge in [-0.3, -0.25) is 9.59 Å². The zero-order chi connectivity index (χ0) is 21.0. The number of carbonyl (C=O) groups excluding carboxylic acids is 2. The van der Waals surface area contributed by atoms with Crippen LogP contribution in [0, 0.1) is 0 Å². The first-order valence-electron chi connectivity index (χ1n) is 9.13. The normalized spacial score (nSPS) is 14.2. The molecule has 0 unspecified atom stereocenters. The number of nitrogens with one attached hydrogen (secondary N) is 2. The van der Waals surface area contributed by atoms with Crippen molar-refractivity contribution >= 4 is 33.0 Å². The van der Waals surface area contributed by atoms with Gasteiger partial charge in [-0.15, -0.1) is 0 Å². The van der Waals surface area contributed by atoms with Gasteiger partial charge in [0.15, 0.2) is 16.4 Å². The first-order chi connectivity index (χ1) is 13.8. The zero-order valence-corrected chi connectivity index (χ0v) is 16.9. The van der Waals surface area contributed by atoms with Crippen molar-refractivity contribution in [3.63, 3.8) is 0 Å². The average molecular weight is 418 g/mol. The minimum atomic E-state index is -3.80. The SMILES string of the molecule is CCOc1ccccc1NC(=O)C[C@@H](C)S(=O)(=O)c1ccc2c(c1)NC(=O)CO2. The fourth-order valence-corrected chi connectivity index (χ4v) is 4.27. The van der Waals surface area contributed by atoms with Gasteiger partial charge in [0.05, 0.1) is 28.1 Å². The monoisotopic (exact) mass is 418 g/mol. The number of rotatable bonds is 7. The minimum Gasteiger partial charge on any atom is -0.492 e. The predicted molar refractivity (Wildman–Crippen MR) is 108 cm³/mol. The van der Waals surface area contributed by atoms with Gasteiger partial charge >= 0.3 is 0 Å². The lowest BCUT2D eigenvalue weighted by Gasteiger charge is -2.19. The summed E-state index contributed by atoms with van der Waals surface area (Å²) in [6, 6.07) is 11.2. The van der Waals surface area contributed by atoms with E-state index in [9.17, 15) is 18.0 Å². The molecule has 2 amide bonds. The maximum atomic E-state index is 12.9. The number of ether oxygens (including phenoxy) is 2. The van der Waals surface area contributed by atoms with E-state index < -0.39 is 21.0 Å². The van der Waals surface area contributed by atoms with Gasteiger partial charge in [-0.1, -0.05) is 12.1 Å². The van der Waals surface area contributed by atoms with Crippen molar-refractivity contribution in [3.05, 3.63) is 42.5 Å². The number of benzene rings is 2. The number of hydrogen-bond acceptors (Lipinski definition) is 6. The summed E-state index contributed by atoms with van der Waals surface area (Å²) in [7, 11) is -3.80. The smallest absolute Gasteiger partial charge is 0.262 e. The van der Waals surface area contributed by atoms with Gasteiger partial charge < -0.3 is 20.1 Å². The third-order valence-corrected chi connectivity index (χ3v) is 6.51. The Kier molecular flexibility index (Phi) is 6.07. The second-order valence-corrected chi connectivity index (χ2v) is 8.90. The molecule has 1 atom stereocenters. The quantitative estimate of drug-likeness (QED) is 0.715. The van der Waals surface area contributed by atoms with Crippen molar-refractivity contribution in [2.45, 2.75) is 30.4 Å². The van der Waals surface area contributed by atoms with Crippen molar-refractivity contribution in [2.24, 2.45) is 0 Å². The first-order valence-corrected chi connectivity index (χ1v) is 10.7. The molecular formula is C20H22N2O6S. The highest BCUT2D eigenvalue weighted by molar-refractivity contribution is 7.92. The lowest BCUT2D eigenvalue weighted by atomic mass is 10.2. The summed E-state index contributed by atoms with van der Waals surface area (Å²) in [5.74, 6) is 0.126. The first kappa shape index (κ1) is 20.7. The molecule has 0 bridgehead atoms. The molecule has 0 aliphatic carbocycles. The summed E-state index contributed by atoms with van der Waals surface area (Å²) < 4.78 is 36.5. The highest BCUT2D eigenvalue weighted by atomic mass is 32.2. The molecule has 2 aromatic rings. The topological polar surface area (TPSA) is 111 Å². The standard InChI is InChI=1S/C20H22N2O6S/c1-3-27-17-7-5-4-6-15(17)21-19(23)10-13(2)29(25,26)14-8-9-18-16(11-14)22-20(24)12-28-18/h4-9,11,13H,3,10,12H2,1-2H3,(H,21,23)(H,22,24)/t13-/m1/s1. The minimum absolute atomic E-state index is 0.0112. The molecule has 0 saturated heterocycles. The van der Waals surface area contributed by atoms with Crippen molar-refractivity contribution in [1.29, 1.82) is 0 Å². The van der Waals surface area contributed by atoms with E-state index in [0.717, 1.165) is 0 Å². The van der Waals surface area contributed by atoms with Gasteiger partial charge in [-0.25, -0.2) is 8.42 Å². The Labute approximate surface area is 169 Å². The van der Waals surface area contributed by atoms with Gasteiger partial charge in [-0.2, -0.15) is 0 Å². The zero-order valence-electron chi connectivity index (χ0n) is 16.1. The van der Waals surface area contributed by atoms with Crippen LogP contribution in [0.4, 0.5) is 11.4 Å². The third-order valence-electron chi connectivity index (χ3n) is 4.38. The second kappa shape index (κ2) is 8.52. The number of amides is 2. The summed E-state index contributed by atoms with van der Waals surface area (Å²) in [4.78, 5) is 23.9. The molecule has 1 heterocycles. The molecule has 8 nitrogen and oxygen atoms in total. The second-order valence-electron chi connectivity index (χ2n) is 6.53. The van der Waals surface area contributed by atoms with Crippen LogP contribution in [-0.2, 0) is 19.4 Å². The van der Waals surface area contributed by atoms with E-state index in [-0.39, 0.29) is 23.8 Å². The fourth-order valence-electron chi connectivity index (χ4n) is 2.89. The number of fused-ring (bicyclic) bond motifs is 1. The molecule has 0 saturated carbocycles. The molecule has 29 heavy (non-hydrogen) atoms. The van der Waals surface area contributed by atoms with Gasteiger partial charge in [0, 0.05) is 6.42 Å². The van der Waals surface area contributed by atoms with Crippen molar-refractivity contribution < 1.29 is 27.5 Å². The lowest BCUT2D eigenvalue weighted by molar-refractivity contribution is -0.118.